The number of thiophene rings is 5. The summed E-state index contributed by atoms with van der Waals surface area (Å²) in [7, 11) is 2.75. The second-order valence-electron chi connectivity index (χ2n) is 29.7. The van der Waals surface area contributed by atoms with Crippen LogP contribution in [0.5, 0.6) is 0 Å². The van der Waals surface area contributed by atoms with Gasteiger partial charge in [0.1, 0.15) is 31.4 Å². The van der Waals surface area contributed by atoms with Gasteiger partial charge in [0.25, 0.3) is 11.8 Å². The number of amides is 5. The van der Waals surface area contributed by atoms with Gasteiger partial charge in [-0.15, -0.1) is 56.7 Å². The Hall–Kier alpha value is -10.0. The number of ether oxygens (including phenoxy) is 5. The van der Waals surface area contributed by atoms with E-state index >= 15 is 0 Å². The Labute approximate surface area is 694 Å². The summed E-state index contributed by atoms with van der Waals surface area (Å²) >= 11 is 10.1. The molecule has 4 aliphatic heterocycles. The molecule has 13 rings (SSSR count). The number of nitrogens with one attached hydrogen (secondary N) is 3. The zero-order valence-electron chi connectivity index (χ0n) is 66.2. The maximum Gasteiger partial charge on any atom is 0.410 e. The van der Waals surface area contributed by atoms with Crippen LogP contribution in [0.25, 0.3) is 22.3 Å². The topological polar surface area (TPSA) is 288 Å². The average Bonchev–Trinajstić information content (AvgIpc) is 1.57. The van der Waals surface area contributed by atoms with Gasteiger partial charge in [-0.25, -0.2) is 28.8 Å². The monoisotopic (exact) mass is 1710 g/mol. The molecular weight excluding hydrogens is 1620 g/mol. The van der Waals surface area contributed by atoms with Gasteiger partial charge in [0.15, 0.2) is 0 Å². The summed E-state index contributed by atoms with van der Waals surface area (Å²) in [5.41, 5.74) is 16.0. The van der Waals surface area contributed by atoms with Gasteiger partial charge in [-0.3, -0.25) is 9.59 Å². The van der Waals surface area contributed by atoms with Crippen LogP contribution in [0.2, 0.25) is 0 Å². The third-order valence-corrected chi connectivity index (χ3v) is 23.0. The minimum absolute atomic E-state index is 0.114. The van der Waals surface area contributed by atoms with Crippen molar-refractivity contribution in [2.45, 2.75) is 86.0 Å². The molecule has 4 aliphatic rings. The summed E-state index contributed by atoms with van der Waals surface area (Å²) in [6.07, 6.45) is -0.836. The minimum Gasteiger partial charge on any atom is -0.477 e. The molecule has 0 atom stereocenters. The predicted molar refractivity (Wildman–Crippen MR) is 463 cm³/mol. The smallest absolute Gasteiger partial charge is 0.410 e. The molecule has 5 amide bonds. The molecule has 0 aliphatic carbocycles. The summed E-state index contributed by atoms with van der Waals surface area (Å²) in [6.45, 7) is 30.4. The van der Waals surface area contributed by atoms with E-state index in [0.29, 0.717) is 101 Å². The minimum atomic E-state index is -0.904. The number of carboxylic acid groups (broad SMARTS) is 1. The molecule has 25 nitrogen and oxygen atoms in total. The fourth-order valence-electron chi connectivity index (χ4n) is 11.8. The highest BCUT2D eigenvalue weighted by atomic mass is 79.9. The number of rotatable bonds is 13. The third-order valence-electron chi connectivity index (χ3n) is 17.7. The van der Waals surface area contributed by atoms with E-state index in [1.807, 2.05) is 193 Å². The predicted octanol–water partition coefficient (Wildman–Crippen LogP) is 17.1. The fraction of sp³-hybridized carbons (Fsp3) is 0.373. The highest BCUT2D eigenvalue weighted by molar-refractivity contribution is 9.10. The van der Waals surface area contributed by atoms with E-state index in [2.05, 4.69) is 74.4 Å². The number of carbonyl (C=O) groups excluding carboxylic acids is 7. The van der Waals surface area contributed by atoms with Gasteiger partial charge in [0.05, 0.1) is 35.3 Å². The Kier molecular flexibility index (Phi) is 31.5. The highest BCUT2D eigenvalue weighted by Gasteiger charge is 2.31. The van der Waals surface area contributed by atoms with Crippen molar-refractivity contribution in [3.05, 3.63) is 189 Å². The second-order valence-corrected chi connectivity index (χ2v) is 35.1. The number of hydrogen-bond donors (Lipinski definition) is 5. The maximum absolute atomic E-state index is 13.0. The lowest BCUT2D eigenvalue weighted by molar-refractivity contribution is 0.0230. The van der Waals surface area contributed by atoms with Crippen LogP contribution in [-0.2, 0) is 23.7 Å². The molecule has 0 radical (unpaired) electrons. The lowest BCUT2D eigenvalue weighted by Crippen LogP contribution is -2.50. The molecule has 4 saturated heterocycles. The molecule has 0 bridgehead atoms. The van der Waals surface area contributed by atoms with Crippen molar-refractivity contribution in [1.29, 1.82) is 0 Å². The van der Waals surface area contributed by atoms with Gasteiger partial charge in [0.2, 0.25) is 0 Å². The molecule has 5 aromatic heterocycles. The van der Waals surface area contributed by atoms with Crippen LogP contribution < -0.4 is 41.3 Å². The third kappa shape index (κ3) is 26.5. The average molecular weight is 1720 g/mol. The second kappa shape index (κ2) is 40.8. The molecule has 0 saturated carbocycles. The molecule has 0 spiro atoms. The van der Waals surface area contributed by atoms with Crippen molar-refractivity contribution >= 4 is 160 Å². The number of nitrogen functional groups attached to an aromatic ring is 1. The molecule has 31 heteroatoms. The number of benzene rings is 4. The molecule has 9 heterocycles. The summed E-state index contributed by atoms with van der Waals surface area (Å²) < 4.78 is 26.3. The van der Waals surface area contributed by atoms with Crippen molar-refractivity contribution < 1.29 is 67.1 Å². The van der Waals surface area contributed by atoms with E-state index in [-0.39, 0.29) is 42.0 Å². The van der Waals surface area contributed by atoms with Crippen LogP contribution in [0.4, 0.5) is 54.2 Å². The fourth-order valence-corrected chi connectivity index (χ4v) is 16.4. The summed E-state index contributed by atoms with van der Waals surface area (Å²) in [4.78, 5) is 112. The van der Waals surface area contributed by atoms with E-state index in [1.54, 1.807) is 26.8 Å². The zero-order valence-corrected chi connectivity index (χ0v) is 71.9. The van der Waals surface area contributed by atoms with Gasteiger partial charge in [-0.1, -0.05) is 78.9 Å². The zero-order chi connectivity index (χ0) is 82.4. The number of anilines is 7. The van der Waals surface area contributed by atoms with Gasteiger partial charge in [-0.2, -0.15) is 0 Å². The SMILES string of the molecule is CC(C)(C)OC(=O)N1CCN(c2csc(C(=O)O)c2)CC1.COC(=O)c1cc(Br)cs1.COC(=O)c1cc(N2CCN(C(=O)OC(C)(C)C)CC2)cs1.Cc1ccc(-c2ccccc2)cc1NC(=O)c1cc(N2CCN(C(=O)OC(C)(C)C)CC2)cs1.Nc1ccc(-c2ccccc2)cc1NC(=O)c1cc(N2CCNCC2)cs1. The summed E-state index contributed by atoms with van der Waals surface area (Å²) in [6, 6.07) is 41.1. The molecule has 4 fully saturated rings. The van der Waals surface area contributed by atoms with E-state index in [0.717, 1.165) is 100.0 Å². The van der Waals surface area contributed by atoms with Crippen LogP contribution >= 0.6 is 72.6 Å². The quantitative estimate of drug-likeness (QED) is 0.0407. The molecule has 6 N–H and O–H groups in total. The van der Waals surface area contributed by atoms with Gasteiger partial charge in [0, 0.05) is 165 Å². The Morgan fingerprint density at radius 2 is 0.746 bits per heavy atom. The Balaban J connectivity index is 0.000000170. The number of carboxylic acids is 1. The number of aryl methyl sites for hydroxylation is 1. The van der Waals surface area contributed by atoms with Crippen LogP contribution in [0.1, 0.15) is 116 Å². The number of nitrogens with two attached hydrogens (primary N) is 1. The van der Waals surface area contributed by atoms with E-state index in [1.165, 1.54) is 70.9 Å². The van der Waals surface area contributed by atoms with Gasteiger partial charge >= 0.3 is 36.2 Å². The first-order valence-electron chi connectivity index (χ1n) is 37.1. The van der Waals surface area contributed by atoms with E-state index < -0.39 is 22.8 Å². The highest BCUT2D eigenvalue weighted by Crippen LogP contribution is 2.34. The molecule has 608 valence electrons. The number of piperazine rings is 4. The number of methoxy groups -OCH3 is 2. The van der Waals surface area contributed by atoms with Crippen LogP contribution in [-0.4, -0.2) is 204 Å². The molecule has 0 unspecified atom stereocenters. The first kappa shape index (κ1) is 87.9. The van der Waals surface area contributed by atoms with Gasteiger partial charge < -0.3 is 84.8 Å². The molecule has 4 aromatic carbocycles. The summed E-state index contributed by atoms with van der Waals surface area (Å²) in [5, 5.41) is 28.0. The van der Waals surface area contributed by atoms with Crippen molar-refractivity contribution in [2.75, 3.05) is 155 Å². The first-order chi connectivity index (χ1) is 54.2. The maximum atomic E-state index is 13.0. The standard InChI is InChI=1S/C27H31N3O3S.C21H22N4OS.C15H22N2O4S.C14H20N2O4S.C6H5BrO2S/c1-19-10-11-21(20-8-6-5-7-9-20)16-23(19)28-25(31)24-17-22(18-34-24)29-12-14-30(15-13-29)26(32)33-27(2,3)4;22-18-7-6-16(15-4-2-1-3-5-15)12-19(18)24-21(26)20-13-17(14-27-20)25-10-8-23-9-11-25;1-15(2,3)21-14(19)17-7-5-16(6-8-17)11-9-12(22-10-11)13(18)20-4;1-14(2,3)20-13(19)16-6-4-15(5-7-16)10-8-11(12(17)18)21-9-10;1-9-6(8)5-2-4(7)3-10-5/h5-11,16-18H,12-15H2,1-4H3,(H,28,31);1-7,12-14,23H,8-11,22H2,(H,24,26);9-10H,5-8H2,1-4H3;8-9H,4-7H2,1-3H3,(H,17,18);2-3H,1H3. The number of nitrogens with zero attached hydrogens (tertiary/aromatic N) is 7. The number of halogens is 1. The van der Waals surface area contributed by atoms with E-state index in [9.17, 15) is 38.4 Å². The lowest BCUT2D eigenvalue weighted by atomic mass is 10.0. The number of esters is 2. The Morgan fingerprint density at radius 3 is 1.11 bits per heavy atom. The summed E-state index contributed by atoms with van der Waals surface area (Å²) in [5.74, 6) is -1.74. The van der Waals surface area contributed by atoms with Crippen molar-refractivity contribution in [3.8, 4) is 22.3 Å². The molecular formula is C83H100BrN11O14S5. The largest absolute Gasteiger partial charge is 0.477 e. The van der Waals surface area contributed by atoms with Crippen LogP contribution in [0.3, 0.4) is 0 Å². The van der Waals surface area contributed by atoms with Crippen molar-refractivity contribution in [2.24, 2.45) is 0 Å². The van der Waals surface area contributed by atoms with Crippen LogP contribution in [0.15, 0.2) is 159 Å². The van der Waals surface area contributed by atoms with E-state index in [4.69, 9.17) is 29.8 Å². The Bertz CT molecular complexity index is 4710. The number of carbonyl (C=O) groups is 8. The number of aromatic carboxylic acids is 1. The Morgan fingerprint density at radius 1 is 0.412 bits per heavy atom. The van der Waals surface area contributed by atoms with Crippen LogP contribution in [0, 0.1) is 6.92 Å². The van der Waals surface area contributed by atoms with Crippen molar-refractivity contribution in [3.63, 3.8) is 0 Å². The van der Waals surface area contributed by atoms with Gasteiger partial charge in [-0.05, 0) is 162 Å². The first-order valence-corrected chi connectivity index (χ1v) is 42.3. The number of hydrogen-bond acceptors (Lipinski definition) is 24. The normalized spacial score (nSPS) is 14.3. The lowest BCUT2D eigenvalue weighted by Gasteiger charge is -2.36. The molecule has 9 aromatic rings. The van der Waals surface area contributed by atoms with Crippen molar-refractivity contribution in [1.82, 2.24) is 20.0 Å². The molecule has 114 heavy (non-hydrogen) atoms.